The smallest absolute Gasteiger partial charge is 0.150 e. The third-order valence-electron chi connectivity index (χ3n) is 4.41. The van der Waals surface area contributed by atoms with Crippen molar-refractivity contribution in [2.45, 2.75) is 64.0 Å². The Balaban J connectivity index is 1.77. The summed E-state index contributed by atoms with van der Waals surface area (Å²) in [6, 6.07) is 0.983. The predicted octanol–water partition coefficient (Wildman–Crippen LogP) is 2.12. The van der Waals surface area contributed by atoms with Gasteiger partial charge in [0.1, 0.15) is 9.84 Å². The van der Waals surface area contributed by atoms with E-state index in [0.29, 0.717) is 23.6 Å². The van der Waals surface area contributed by atoms with Crippen LogP contribution in [0.25, 0.3) is 0 Å². The van der Waals surface area contributed by atoms with Gasteiger partial charge < -0.3 is 5.32 Å². The molecule has 1 heterocycles. The normalized spacial score (nSPS) is 29.0. The van der Waals surface area contributed by atoms with Gasteiger partial charge in [-0.05, 0) is 38.5 Å². The van der Waals surface area contributed by atoms with Crippen LogP contribution in [0.15, 0.2) is 0 Å². The summed E-state index contributed by atoms with van der Waals surface area (Å²) >= 11 is 0. The Hall–Kier alpha value is -0.0900. The molecule has 0 aromatic heterocycles. The van der Waals surface area contributed by atoms with Crippen molar-refractivity contribution in [2.75, 3.05) is 11.5 Å². The van der Waals surface area contributed by atoms with Crippen LogP contribution in [0.1, 0.15) is 51.9 Å². The molecule has 3 nitrogen and oxygen atoms in total. The van der Waals surface area contributed by atoms with Crippen molar-refractivity contribution in [1.29, 1.82) is 0 Å². The number of hydrogen-bond donors (Lipinski definition) is 1. The van der Waals surface area contributed by atoms with E-state index in [4.69, 9.17) is 0 Å². The molecule has 0 unspecified atom stereocenters. The molecule has 1 atom stereocenters. The lowest BCUT2D eigenvalue weighted by atomic mass is 9.84. The summed E-state index contributed by atoms with van der Waals surface area (Å²) < 4.78 is 22.7. The van der Waals surface area contributed by atoms with Gasteiger partial charge in [0.2, 0.25) is 0 Å². The summed E-state index contributed by atoms with van der Waals surface area (Å²) in [4.78, 5) is 0. The maximum atomic E-state index is 11.4. The van der Waals surface area contributed by atoms with Crippen LogP contribution in [0, 0.1) is 5.92 Å². The average molecular weight is 259 g/mol. The molecule has 1 saturated heterocycles. The fourth-order valence-electron chi connectivity index (χ4n) is 3.20. The van der Waals surface area contributed by atoms with Crippen molar-refractivity contribution in [3.05, 3.63) is 0 Å². The van der Waals surface area contributed by atoms with E-state index >= 15 is 0 Å². The van der Waals surface area contributed by atoms with E-state index < -0.39 is 9.84 Å². The highest BCUT2D eigenvalue weighted by Crippen LogP contribution is 2.27. The standard InChI is InChI=1S/C13H25NO2S/c1-11(12-5-3-2-4-6-12)14-13-7-9-17(15,16)10-8-13/h11-14H,2-10H2,1H3/t11-/m1/s1. The van der Waals surface area contributed by atoms with E-state index in [-0.39, 0.29) is 0 Å². The molecule has 1 saturated carbocycles. The predicted molar refractivity (Wildman–Crippen MR) is 70.8 cm³/mol. The zero-order valence-corrected chi connectivity index (χ0v) is 11.6. The minimum atomic E-state index is -2.72. The quantitative estimate of drug-likeness (QED) is 0.844. The molecule has 2 fully saturated rings. The summed E-state index contributed by atoms with van der Waals surface area (Å²) in [5.41, 5.74) is 0. The van der Waals surface area contributed by atoms with Gasteiger partial charge in [-0.3, -0.25) is 0 Å². The molecule has 100 valence electrons. The van der Waals surface area contributed by atoms with Gasteiger partial charge in [0.05, 0.1) is 11.5 Å². The first-order valence-electron chi connectivity index (χ1n) is 7.03. The zero-order valence-electron chi connectivity index (χ0n) is 10.8. The van der Waals surface area contributed by atoms with E-state index in [1.54, 1.807) is 0 Å². The van der Waals surface area contributed by atoms with Crippen LogP contribution in [0.2, 0.25) is 0 Å². The molecule has 0 spiro atoms. The SMILES string of the molecule is C[C@@H](NC1CCS(=O)(=O)CC1)C1CCCCC1. The van der Waals surface area contributed by atoms with Gasteiger partial charge in [0.25, 0.3) is 0 Å². The molecule has 2 aliphatic rings. The van der Waals surface area contributed by atoms with E-state index in [9.17, 15) is 8.42 Å². The van der Waals surface area contributed by atoms with Crippen molar-refractivity contribution in [2.24, 2.45) is 5.92 Å². The Labute approximate surface area is 105 Å². The summed E-state index contributed by atoms with van der Waals surface area (Å²) in [7, 11) is -2.72. The monoisotopic (exact) mass is 259 g/mol. The molecule has 0 aromatic rings. The second-order valence-electron chi connectivity index (χ2n) is 5.78. The fraction of sp³-hybridized carbons (Fsp3) is 1.00. The average Bonchev–Trinajstić information content (AvgIpc) is 2.33. The van der Waals surface area contributed by atoms with Gasteiger partial charge in [-0.15, -0.1) is 0 Å². The molecular weight excluding hydrogens is 234 g/mol. The van der Waals surface area contributed by atoms with Crippen molar-refractivity contribution < 1.29 is 8.42 Å². The van der Waals surface area contributed by atoms with Crippen molar-refractivity contribution in [1.82, 2.24) is 5.32 Å². The Morgan fingerprint density at radius 2 is 1.59 bits per heavy atom. The van der Waals surface area contributed by atoms with Gasteiger partial charge in [0.15, 0.2) is 0 Å². The lowest BCUT2D eigenvalue weighted by Crippen LogP contribution is -2.45. The van der Waals surface area contributed by atoms with Crippen LogP contribution >= 0.6 is 0 Å². The minimum absolute atomic E-state index is 0.377. The van der Waals surface area contributed by atoms with Crippen LogP contribution in [0.4, 0.5) is 0 Å². The molecule has 0 radical (unpaired) electrons. The van der Waals surface area contributed by atoms with Gasteiger partial charge in [-0.2, -0.15) is 0 Å². The maximum absolute atomic E-state index is 11.4. The van der Waals surface area contributed by atoms with Crippen LogP contribution in [0.3, 0.4) is 0 Å². The molecule has 17 heavy (non-hydrogen) atoms. The van der Waals surface area contributed by atoms with Crippen LogP contribution in [0.5, 0.6) is 0 Å². The molecule has 1 aliphatic carbocycles. The number of nitrogens with one attached hydrogen (secondary N) is 1. The minimum Gasteiger partial charge on any atom is -0.311 e. The lowest BCUT2D eigenvalue weighted by molar-refractivity contribution is 0.258. The molecule has 4 heteroatoms. The zero-order chi connectivity index (χ0) is 12.3. The van der Waals surface area contributed by atoms with Crippen LogP contribution in [-0.4, -0.2) is 32.0 Å². The van der Waals surface area contributed by atoms with Crippen molar-refractivity contribution >= 4 is 9.84 Å². The highest BCUT2D eigenvalue weighted by molar-refractivity contribution is 7.91. The summed E-state index contributed by atoms with van der Waals surface area (Å²) in [6.07, 6.45) is 8.44. The van der Waals surface area contributed by atoms with E-state index in [2.05, 4.69) is 12.2 Å². The van der Waals surface area contributed by atoms with Gasteiger partial charge >= 0.3 is 0 Å². The van der Waals surface area contributed by atoms with Crippen LogP contribution < -0.4 is 5.32 Å². The van der Waals surface area contributed by atoms with Crippen LogP contribution in [-0.2, 0) is 9.84 Å². The maximum Gasteiger partial charge on any atom is 0.150 e. The third kappa shape index (κ3) is 3.95. The molecule has 0 amide bonds. The molecule has 0 aromatic carbocycles. The van der Waals surface area contributed by atoms with Gasteiger partial charge in [-0.25, -0.2) is 8.42 Å². The van der Waals surface area contributed by atoms with Gasteiger partial charge in [-0.1, -0.05) is 19.3 Å². The van der Waals surface area contributed by atoms with E-state index in [1.807, 2.05) is 0 Å². The Bertz CT molecular complexity index is 319. The molecule has 0 bridgehead atoms. The van der Waals surface area contributed by atoms with E-state index in [1.165, 1.54) is 32.1 Å². The second-order valence-corrected chi connectivity index (χ2v) is 8.08. The Kier molecular flexibility index (Phi) is 4.47. The van der Waals surface area contributed by atoms with E-state index in [0.717, 1.165) is 18.8 Å². The Morgan fingerprint density at radius 1 is 1.00 bits per heavy atom. The first kappa shape index (κ1) is 13.3. The first-order chi connectivity index (χ1) is 8.07. The Morgan fingerprint density at radius 3 is 2.18 bits per heavy atom. The topological polar surface area (TPSA) is 46.2 Å². The number of hydrogen-bond acceptors (Lipinski definition) is 3. The largest absolute Gasteiger partial charge is 0.311 e. The fourth-order valence-corrected chi connectivity index (χ4v) is 4.69. The highest BCUT2D eigenvalue weighted by Gasteiger charge is 2.27. The third-order valence-corrected chi connectivity index (χ3v) is 6.13. The summed E-state index contributed by atoms with van der Waals surface area (Å²) in [5, 5.41) is 3.66. The molecular formula is C13H25NO2S. The van der Waals surface area contributed by atoms with Crippen molar-refractivity contribution in [3.8, 4) is 0 Å². The second kappa shape index (κ2) is 5.70. The summed E-state index contributed by atoms with van der Waals surface area (Å²) in [6.45, 7) is 2.28. The number of rotatable bonds is 3. The number of sulfone groups is 1. The lowest BCUT2D eigenvalue weighted by Gasteiger charge is -2.33. The van der Waals surface area contributed by atoms with Crippen molar-refractivity contribution in [3.63, 3.8) is 0 Å². The molecule has 2 rings (SSSR count). The summed E-state index contributed by atoms with van der Waals surface area (Å²) in [5.74, 6) is 1.56. The molecule has 1 N–H and O–H groups in total. The first-order valence-corrected chi connectivity index (χ1v) is 8.85. The van der Waals surface area contributed by atoms with Gasteiger partial charge in [0, 0.05) is 12.1 Å². The highest BCUT2D eigenvalue weighted by atomic mass is 32.2. The molecule has 1 aliphatic heterocycles.